The zero-order valence-corrected chi connectivity index (χ0v) is 20.2. The summed E-state index contributed by atoms with van der Waals surface area (Å²) in [6, 6.07) is 17.9. The third kappa shape index (κ3) is 4.12. The van der Waals surface area contributed by atoms with Crippen LogP contribution < -0.4 is 10.2 Å². The predicted molar refractivity (Wildman–Crippen MR) is 138 cm³/mol. The summed E-state index contributed by atoms with van der Waals surface area (Å²) in [5, 5.41) is 23.9. The number of aromatic nitrogens is 1. The summed E-state index contributed by atoms with van der Waals surface area (Å²) in [6.07, 6.45) is 2.49. The van der Waals surface area contributed by atoms with Crippen molar-refractivity contribution in [2.24, 2.45) is 0 Å². The summed E-state index contributed by atoms with van der Waals surface area (Å²) in [4.78, 5) is 11.9. The molecule has 0 amide bonds. The third-order valence-electron chi connectivity index (χ3n) is 7.91. The Morgan fingerprint density at radius 3 is 2.91 bits per heavy atom. The second kappa shape index (κ2) is 9.12. The summed E-state index contributed by atoms with van der Waals surface area (Å²) in [5.74, 6) is 0. The molecule has 1 aromatic heterocycles. The van der Waals surface area contributed by atoms with Crippen molar-refractivity contribution in [1.29, 1.82) is 5.26 Å². The first-order valence-electron chi connectivity index (χ1n) is 12.7. The summed E-state index contributed by atoms with van der Waals surface area (Å²) < 4.78 is 0. The van der Waals surface area contributed by atoms with Gasteiger partial charge in [0, 0.05) is 74.8 Å². The Labute approximate surface area is 206 Å². The maximum atomic E-state index is 9.73. The number of nitriles is 1. The third-order valence-corrected chi connectivity index (χ3v) is 7.91. The zero-order chi connectivity index (χ0) is 23.9. The standard InChI is InChI=1S/C28H32N6O/c1-19-15-33(26-7-4-20(14-29)28-25(26)3-2-9-31-28)18-27-24-6-5-22(13-21(24)16-34(19)27)30-10-12-32-11-8-23(35)17-32/h2-7,9,13,19,23,27,30,35H,8,10-12,15-18H2,1H3. The van der Waals surface area contributed by atoms with E-state index >= 15 is 0 Å². The highest BCUT2D eigenvalue weighted by Crippen LogP contribution is 2.41. The molecule has 7 heteroatoms. The summed E-state index contributed by atoms with van der Waals surface area (Å²) in [6.45, 7) is 8.82. The van der Waals surface area contributed by atoms with Gasteiger partial charge >= 0.3 is 0 Å². The highest BCUT2D eigenvalue weighted by atomic mass is 16.3. The van der Waals surface area contributed by atoms with Crippen LogP contribution in [0.5, 0.6) is 0 Å². The van der Waals surface area contributed by atoms with Crippen LogP contribution in [0.1, 0.15) is 36.1 Å². The molecule has 2 fully saturated rings. The molecule has 2 saturated heterocycles. The van der Waals surface area contributed by atoms with Crippen LogP contribution in [0, 0.1) is 11.3 Å². The number of nitrogens with zero attached hydrogens (tertiary/aromatic N) is 5. The van der Waals surface area contributed by atoms with E-state index in [4.69, 9.17) is 0 Å². The Hall–Kier alpha value is -3.18. The first-order valence-corrected chi connectivity index (χ1v) is 12.7. The maximum absolute atomic E-state index is 9.73. The van der Waals surface area contributed by atoms with Crippen molar-refractivity contribution in [2.45, 2.75) is 38.1 Å². The molecule has 0 saturated carbocycles. The van der Waals surface area contributed by atoms with E-state index in [0.29, 0.717) is 17.6 Å². The van der Waals surface area contributed by atoms with Crippen LogP contribution in [0.3, 0.4) is 0 Å². The lowest BCUT2D eigenvalue weighted by atomic mass is 9.99. The van der Waals surface area contributed by atoms with Gasteiger partial charge in [-0.1, -0.05) is 6.07 Å². The van der Waals surface area contributed by atoms with Crippen molar-refractivity contribution in [3.63, 3.8) is 0 Å². The fourth-order valence-electron chi connectivity index (χ4n) is 6.13. The van der Waals surface area contributed by atoms with Gasteiger partial charge in [0.25, 0.3) is 0 Å². The molecule has 7 nitrogen and oxygen atoms in total. The molecule has 3 aliphatic heterocycles. The van der Waals surface area contributed by atoms with Crippen LogP contribution in [0.4, 0.5) is 11.4 Å². The van der Waals surface area contributed by atoms with Gasteiger partial charge in [0.1, 0.15) is 6.07 Å². The molecule has 0 bridgehead atoms. The van der Waals surface area contributed by atoms with Crippen molar-refractivity contribution in [3.8, 4) is 6.07 Å². The summed E-state index contributed by atoms with van der Waals surface area (Å²) in [7, 11) is 0. The summed E-state index contributed by atoms with van der Waals surface area (Å²) in [5.41, 5.74) is 6.59. The Morgan fingerprint density at radius 1 is 1.17 bits per heavy atom. The molecule has 4 heterocycles. The van der Waals surface area contributed by atoms with Gasteiger partial charge in [-0.3, -0.25) is 14.8 Å². The molecule has 3 unspecified atom stereocenters. The molecule has 180 valence electrons. The van der Waals surface area contributed by atoms with Gasteiger partial charge in [0.15, 0.2) is 0 Å². The number of anilines is 2. The van der Waals surface area contributed by atoms with Crippen molar-refractivity contribution < 1.29 is 5.11 Å². The van der Waals surface area contributed by atoms with Crippen molar-refractivity contribution in [2.75, 3.05) is 49.5 Å². The monoisotopic (exact) mass is 468 g/mol. The molecule has 3 aromatic rings. The minimum absolute atomic E-state index is 0.160. The van der Waals surface area contributed by atoms with E-state index < -0.39 is 0 Å². The van der Waals surface area contributed by atoms with E-state index in [1.807, 2.05) is 12.1 Å². The molecular weight excluding hydrogens is 436 g/mol. The molecule has 0 radical (unpaired) electrons. The highest BCUT2D eigenvalue weighted by molar-refractivity contribution is 5.95. The molecule has 35 heavy (non-hydrogen) atoms. The number of nitrogens with one attached hydrogen (secondary N) is 1. The number of aliphatic hydroxyl groups excluding tert-OH is 1. The lowest BCUT2D eigenvalue weighted by Gasteiger charge is -2.43. The predicted octanol–water partition coefficient (Wildman–Crippen LogP) is 3.35. The Bertz CT molecular complexity index is 1290. The number of piperazine rings is 1. The largest absolute Gasteiger partial charge is 0.392 e. The lowest BCUT2D eigenvalue weighted by Crippen LogP contribution is -2.51. The van der Waals surface area contributed by atoms with Crippen molar-refractivity contribution in [1.82, 2.24) is 14.8 Å². The van der Waals surface area contributed by atoms with Gasteiger partial charge in [-0.2, -0.15) is 5.26 Å². The molecule has 0 aliphatic carbocycles. The smallest absolute Gasteiger partial charge is 0.101 e. The number of likely N-dealkylation sites (tertiary alicyclic amines) is 1. The molecular formula is C28H32N6O. The van der Waals surface area contributed by atoms with Gasteiger partial charge in [0.2, 0.25) is 0 Å². The Morgan fingerprint density at radius 2 is 2.09 bits per heavy atom. The number of pyridine rings is 1. The van der Waals surface area contributed by atoms with Gasteiger partial charge in [-0.25, -0.2) is 0 Å². The average molecular weight is 469 g/mol. The SMILES string of the molecule is CC1CN(c2ccc(C#N)c3ncccc23)CC2c3ccc(NCCN4CCC(O)C4)cc3CN12. The van der Waals surface area contributed by atoms with E-state index in [0.717, 1.165) is 68.8 Å². The van der Waals surface area contributed by atoms with E-state index in [9.17, 15) is 10.4 Å². The second-order valence-electron chi connectivity index (χ2n) is 10.2. The van der Waals surface area contributed by atoms with Crippen LogP contribution in [0.15, 0.2) is 48.7 Å². The number of fused-ring (bicyclic) bond motifs is 4. The van der Waals surface area contributed by atoms with E-state index in [-0.39, 0.29) is 6.10 Å². The normalized spacial score (nSPS) is 24.4. The van der Waals surface area contributed by atoms with Crippen LogP contribution in [0.25, 0.3) is 10.9 Å². The Balaban J connectivity index is 1.20. The molecule has 2 aromatic carbocycles. The first-order chi connectivity index (χ1) is 17.1. The van der Waals surface area contributed by atoms with E-state index in [1.165, 1.54) is 16.8 Å². The van der Waals surface area contributed by atoms with Crippen LogP contribution in [-0.2, 0) is 6.54 Å². The number of hydrogen-bond donors (Lipinski definition) is 2. The minimum atomic E-state index is -0.160. The van der Waals surface area contributed by atoms with Gasteiger partial charge in [-0.05, 0) is 60.9 Å². The Kier molecular flexibility index (Phi) is 5.81. The molecule has 3 atom stereocenters. The highest BCUT2D eigenvalue weighted by Gasteiger charge is 2.39. The number of hydrogen-bond acceptors (Lipinski definition) is 7. The summed E-state index contributed by atoms with van der Waals surface area (Å²) >= 11 is 0. The maximum Gasteiger partial charge on any atom is 0.101 e. The van der Waals surface area contributed by atoms with Crippen LogP contribution in [-0.4, -0.2) is 71.3 Å². The first kappa shape index (κ1) is 22.3. The zero-order valence-electron chi connectivity index (χ0n) is 20.2. The van der Waals surface area contributed by atoms with Crippen molar-refractivity contribution >= 4 is 22.3 Å². The van der Waals surface area contributed by atoms with Crippen LogP contribution in [0.2, 0.25) is 0 Å². The average Bonchev–Trinajstić information content (AvgIpc) is 3.46. The van der Waals surface area contributed by atoms with Gasteiger partial charge in [-0.15, -0.1) is 0 Å². The van der Waals surface area contributed by atoms with Crippen molar-refractivity contribution in [3.05, 3.63) is 65.4 Å². The molecule has 0 spiro atoms. The lowest BCUT2D eigenvalue weighted by molar-refractivity contribution is 0.134. The van der Waals surface area contributed by atoms with E-state index in [2.05, 4.69) is 68.3 Å². The molecule has 6 rings (SSSR count). The van der Waals surface area contributed by atoms with E-state index in [1.54, 1.807) is 6.20 Å². The topological polar surface area (TPSA) is 78.7 Å². The van der Waals surface area contributed by atoms with Gasteiger partial charge in [0.05, 0.1) is 23.2 Å². The fraction of sp³-hybridized carbons (Fsp3) is 0.429. The molecule has 2 N–H and O–H groups in total. The number of rotatable bonds is 5. The fourth-order valence-corrected chi connectivity index (χ4v) is 6.13. The quantitative estimate of drug-likeness (QED) is 0.595. The number of benzene rings is 2. The van der Waals surface area contributed by atoms with Crippen LogP contribution >= 0.6 is 0 Å². The minimum Gasteiger partial charge on any atom is -0.392 e. The van der Waals surface area contributed by atoms with Gasteiger partial charge < -0.3 is 15.3 Å². The number of β-amino-alcohol motifs (C(OH)–C–C–N with tert-alkyl or cyclic N) is 1. The molecule has 3 aliphatic rings. The number of aliphatic hydroxyl groups is 1. The second-order valence-corrected chi connectivity index (χ2v) is 10.2.